The van der Waals surface area contributed by atoms with Gasteiger partial charge in [0.2, 0.25) is 0 Å². The number of thiophene rings is 1. The Morgan fingerprint density at radius 3 is 2.38 bits per heavy atom. The van der Waals surface area contributed by atoms with Crippen molar-refractivity contribution >= 4 is 22.8 Å². The number of amides is 1. The molecule has 1 aliphatic carbocycles. The van der Waals surface area contributed by atoms with Gasteiger partial charge in [-0.05, 0) is 49.0 Å². The summed E-state index contributed by atoms with van der Waals surface area (Å²) < 4.78 is 5.51. The molecule has 2 N–H and O–H groups in total. The molecule has 0 bridgehead atoms. The first kappa shape index (κ1) is 31.0. The number of nitrogens with zero attached hydrogens (tertiary/aromatic N) is 2. The lowest BCUT2D eigenvalue weighted by Crippen LogP contribution is -2.42. The van der Waals surface area contributed by atoms with Crippen LogP contribution in [-0.4, -0.2) is 68.2 Å². The van der Waals surface area contributed by atoms with E-state index in [1.165, 1.54) is 28.0 Å². The molecule has 2 aromatic rings. The summed E-state index contributed by atoms with van der Waals surface area (Å²) in [4.78, 5) is 18.4. The lowest BCUT2D eigenvalue weighted by Gasteiger charge is -2.30. The van der Waals surface area contributed by atoms with Crippen LogP contribution in [0.1, 0.15) is 67.1 Å². The van der Waals surface area contributed by atoms with Gasteiger partial charge in [0.05, 0.1) is 18.1 Å². The maximum absolute atomic E-state index is 11.5. The van der Waals surface area contributed by atoms with Crippen LogP contribution in [0.3, 0.4) is 0 Å². The van der Waals surface area contributed by atoms with Crippen molar-refractivity contribution in [1.82, 2.24) is 9.80 Å². The Morgan fingerprint density at radius 2 is 1.70 bits per heavy atom. The molecule has 0 saturated carbocycles. The van der Waals surface area contributed by atoms with Gasteiger partial charge in [-0.2, -0.15) is 0 Å². The second-order valence-corrected chi connectivity index (χ2v) is 9.95. The highest BCUT2D eigenvalue weighted by Gasteiger charge is 2.16. The summed E-state index contributed by atoms with van der Waals surface area (Å²) in [5.41, 5.74) is 9.64. The summed E-state index contributed by atoms with van der Waals surface area (Å²) in [6.07, 6.45) is 8.94. The topological polar surface area (TPSA) is 58.8 Å². The molecule has 6 heteroatoms. The molecule has 1 aromatic carbocycles. The van der Waals surface area contributed by atoms with Gasteiger partial charge in [0.1, 0.15) is 0 Å². The van der Waals surface area contributed by atoms with Crippen molar-refractivity contribution in [2.24, 2.45) is 5.73 Å². The Labute approximate surface area is 229 Å². The van der Waals surface area contributed by atoms with Crippen molar-refractivity contribution in [2.75, 3.05) is 52.5 Å². The molecule has 2 aliphatic rings. The number of morpholine rings is 1. The van der Waals surface area contributed by atoms with E-state index >= 15 is 0 Å². The molecule has 5 nitrogen and oxygen atoms in total. The molecule has 4 rings (SSSR count). The van der Waals surface area contributed by atoms with Crippen molar-refractivity contribution in [3.63, 3.8) is 0 Å². The van der Waals surface area contributed by atoms with E-state index in [0.29, 0.717) is 4.88 Å². The molecule has 0 atom stereocenters. The Balaban J connectivity index is 0.00000115. The van der Waals surface area contributed by atoms with Crippen LogP contribution in [0.5, 0.6) is 0 Å². The number of ether oxygens (including phenoxy) is 1. The predicted octanol–water partition coefficient (Wildman–Crippen LogP) is 6.27. The first-order valence-corrected chi connectivity index (χ1v) is 14.8. The molecule has 1 saturated heterocycles. The summed E-state index contributed by atoms with van der Waals surface area (Å²) in [6, 6.07) is 14.7. The van der Waals surface area contributed by atoms with Crippen molar-refractivity contribution in [3.05, 3.63) is 75.5 Å². The van der Waals surface area contributed by atoms with Gasteiger partial charge >= 0.3 is 0 Å². The van der Waals surface area contributed by atoms with Gasteiger partial charge in [-0.15, -0.1) is 11.3 Å². The zero-order valence-electron chi connectivity index (χ0n) is 23.4. The molecule has 37 heavy (non-hydrogen) atoms. The Kier molecular flexibility index (Phi) is 15.1. The summed E-state index contributed by atoms with van der Waals surface area (Å²) in [6.45, 7) is 16.0. The predicted molar refractivity (Wildman–Crippen MR) is 159 cm³/mol. The highest BCUT2D eigenvalue weighted by atomic mass is 32.1. The van der Waals surface area contributed by atoms with Gasteiger partial charge < -0.3 is 10.5 Å². The van der Waals surface area contributed by atoms with E-state index in [1.54, 1.807) is 0 Å². The van der Waals surface area contributed by atoms with E-state index in [4.69, 9.17) is 10.5 Å². The van der Waals surface area contributed by atoms with Crippen LogP contribution in [0.15, 0.2) is 60.2 Å². The van der Waals surface area contributed by atoms with Gasteiger partial charge in [-0.1, -0.05) is 75.8 Å². The summed E-state index contributed by atoms with van der Waals surface area (Å²) >= 11 is 1.50. The van der Waals surface area contributed by atoms with Crippen LogP contribution in [-0.2, 0) is 11.2 Å². The van der Waals surface area contributed by atoms with Crippen molar-refractivity contribution in [3.8, 4) is 0 Å². The summed E-state index contributed by atoms with van der Waals surface area (Å²) in [5, 5.41) is 0. The second-order valence-electron chi connectivity index (χ2n) is 8.86. The second kappa shape index (κ2) is 18.1. The summed E-state index contributed by atoms with van der Waals surface area (Å²) in [5.74, 6) is -0.342. The number of carbonyl (C=O) groups excluding carboxylic acids is 1. The number of hydrogen-bond acceptors (Lipinski definition) is 5. The number of allylic oxidation sites excluding steroid dienone is 3. The fourth-order valence-corrected chi connectivity index (χ4v) is 5.38. The van der Waals surface area contributed by atoms with Gasteiger partial charge in [-0.3, -0.25) is 14.6 Å². The van der Waals surface area contributed by atoms with Gasteiger partial charge in [0.25, 0.3) is 5.91 Å². The lowest BCUT2D eigenvalue weighted by atomic mass is 10.1. The molecule has 1 aliphatic heterocycles. The minimum atomic E-state index is -0.342. The third-order valence-corrected chi connectivity index (χ3v) is 7.63. The van der Waals surface area contributed by atoms with E-state index < -0.39 is 0 Å². The maximum atomic E-state index is 11.5. The Morgan fingerprint density at radius 1 is 0.973 bits per heavy atom. The van der Waals surface area contributed by atoms with Crippen LogP contribution >= 0.6 is 11.3 Å². The number of nitrogens with two attached hydrogens (primary N) is 1. The van der Waals surface area contributed by atoms with Crippen LogP contribution in [0.2, 0.25) is 0 Å². The van der Waals surface area contributed by atoms with E-state index in [-0.39, 0.29) is 5.91 Å². The molecule has 0 radical (unpaired) electrons. The highest BCUT2D eigenvalue weighted by Crippen LogP contribution is 2.31. The third-order valence-electron chi connectivity index (χ3n) is 6.45. The van der Waals surface area contributed by atoms with Crippen molar-refractivity contribution in [2.45, 2.75) is 53.4 Å². The number of benzene rings is 1. The van der Waals surface area contributed by atoms with Gasteiger partial charge in [0.15, 0.2) is 0 Å². The van der Waals surface area contributed by atoms with Crippen LogP contribution in [0.4, 0.5) is 0 Å². The number of carbonyl (C=O) groups is 1. The number of primary amides is 1. The normalized spacial score (nSPS) is 15.9. The zero-order chi connectivity index (χ0) is 26.9. The monoisotopic (exact) mass is 525 g/mol. The fraction of sp³-hybridized carbons (Fsp3) is 0.516. The van der Waals surface area contributed by atoms with Crippen LogP contribution in [0.25, 0.3) is 5.57 Å². The molecule has 1 amide bonds. The van der Waals surface area contributed by atoms with E-state index in [9.17, 15) is 4.79 Å². The van der Waals surface area contributed by atoms with Gasteiger partial charge in [0, 0.05) is 44.1 Å². The van der Waals surface area contributed by atoms with Crippen LogP contribution in [0, 0.1) is 0 Å². The largest absolute Gasteiger partial charge is 0.379 e. The standard InChI is InChI=1S/C27H35N3O2S.2C2H6/c28-27(31)26-12-11-25(33-26)24-8-4-7-23(9-10-24)21-30(14-13-22-5-2-1-3-6-22)16-15-29-17-19-32-20-18-29;2*1-2/h1-3,5-6,9-12H,4,7-8,13-21H2,(H2,28,31);2*1-2H3. The zero-order valence-corrected chi connectivity index (χ0v) is 24.2. The minimum absolute atomic E-state index is 0.342. The molecular formula is C31H47N3O2S. The number of hydrogen-bond donors (Lipinski definition) is 1. The molecule has 2 heterocycles. The summed E-state index contributed by atoms with van der Waals surface area (Å²) in [7, 11) is 0. The number of rotatable bonds is 10. The minimum Gasteiger partial charge on any atom is -0.379 e. The molecule has 1 aromatic heterocycles. The first-order valence-electron chi connectivity index (χ1n) is 14.0. The van der Waals surface area contributed by atoms with Crippen molar-refractivity contribution in [1.29, 1.82) is 0 Å². The fourth-order valence-electron chi connectivity index (χ4n) is 4.47. The molecule has 204 valence electrons. The van der Waals surface area contributed by atoms with E-state index in [0.717, 1.165) is 83.0 Å². The maximum Gasteiger partial charge on any atom is 0.258 e. The molecule has 0 unspecified atom stereocenters. The third kappa shape index (κ3) is 10.9. The van der Waals surface area contributed by atoms with E-state index in [1.807, 2.05) is 39.8 Å². The smallest absolute Gasteiger partial charge is 0.258 e. The first-order chi connectivity index (χ1) is 18.2. The highest BCUT2D eigenvalue weighted by molar-refractivity contribution is 7.15. The molecular weight excluding hydrogens is 478 g/mol. The van der Waals surface area contributed by atoms with Crippen molar-refractivity contribution < 1.29 is 9.53 Å². The average Bonchev–Trinajstić information content (AvgIpc) is 3.34. The quantitative estimate of drug-likeness (QED) is 0.397. The Hall–Kier alpha value is -2.25. The lowest BCUT2D eigenvalue weighted by molar-refractivity contribution is 0.0338. The molecule has 1 fully saturated rings. The Bertz CT molecular complexity index is 962. The molecule has 0 spiro atoms. The SMILES string of the molecule is CC.CC.NC(=O)c1ccc(C2=CC=C(CN(CCc3ccccc3)CCN3CCOCC3)CCC2)s1. The average molecular weight is 526 g/mol. The van der Waals surface area contributed by atoms with Crippen LogP contribution < -0.4 is 5.73 Å². The van der Waals surface area contributed by atoms with Gasteiger partial charge in [-0.25, -0.2) is 0 Å². The van der Waals surface area contributed by atoms with E-state index in [2.05, 4.69) is 52.3 Å².